The highest BCUT2D eigenvalue weighted by molar-refractivity contribution is 6.17. The number of hydrogen-bond acceptors (Lipinski definition) is 4. The van der Waals surface area contributed by atoms with Crippen LogP contribution in [-0.2, 0) is 0 Å². The van der Waals surface area contributed by atoms with Crippen LogP contribution in [0.2, 0.25) is 0 Å². The van der Waals surface area contributed by atoms with Gasteiger partial charge in [0.25, 0.3) is 0 Å². The van der Waals surface area contributed by atoms with Gasteiger partial charge in [0, 0.05) is 27.9 Å². The zero-order valence-electron chi connectivity index (χ0n) is 30.8. The Bertz CT molecular complexity index is 3210. The zero-order valence-corrected chi connectivity index (χ0v) is 30.8. The molecule has 11 aromatic rings. The fourth-order valence-electron chi connectivity index (χ4n) is 8.15. The van der Waals surface area contributed by atoms with Crippen LogP contribution in [0.25, 0.3) is 88.6 Å². The molecule has 4 heteroatoms. The van der Waals surface area contributed by atoms with Crippen LogP contribution in [-0.4, -0.2) is 4.98 Å². The first kappa shape index (κ1) is 32.7. The Morgan fingerprint density at radius 1 is 0.386 bits per heavy atom. The summed E-state index contributed by atoms with van der Waals surface area (Å²) in [7, 11) is 0. The van der Waals surface area contributed by atoms with Crippen LogP contribution in [0.1, 0.15) is 0 Å². The van der Waals surface area contributed by atoms with E-state index in [0.717, 1.165) is 72.4 Å². The molecule has 268 valence electrons. The first-order valence-electron chi connectivity index (χ1n) is 19.2. The standard InChI is InChI=1S/C53H34N2O2/c1-3-12-35(13-4-1)36-22-27-41(28-23-36)55(48-21-10-9-19-45(48)44-20-11-17-38-14-7-8-18-43(38)44)42-29-24-37(25-30-42)40-26-32-49-46(34-40)51-50(56-49)33-31-47-52(51)57-53(54-47)39-15-5-2-6-16-39/h1-34H. The third-order valence-corrected chi connectivity index (χ3v) is 10.9. The van der Waals surface area contributed by atoms with E-state index in [1.54, 1.807) is 0 Å². The Hall–Kier alpha value is -7.69. The number of fused-ring (bicyclic) bond motifs is 6. The van der Waals surface area contributed by atoms with Crippen LogP contribution >= 0.6 is 0 Å². The second kappa shape index (κ2) is 13.6. The van der Waals surface area contributed by atoms with Gasteiger partial charge in [-0.2, -0.15) is 0 Å². The largest absolute Gasteiger partial charge is 0.456 e. The van der Waals surface area contributed by atoms with Crippen LogP contribution in [0.4, 0.5) is 17.1 Å². The fraction of sp³-hybridized carbons (Fsp3) is 0. The molecule has 2 aromatic heterocycles. The lowest BCUT2D eigenvalue weighted by molar-refractivity contribution is 0.622. The maximum atomic E-state index is 6.43. The molecule has 0 atom stereocenters. The number of oxazole rings is 1. The molecule has 4 nitrogen and oxygen atoms in total. The summed E-state index contributed by atoms with van der Waals surface area (Å²) in [6.45, 7) is 0. The van der Waals surface area contributed by atoms with Crippen molar-refractivity contribution in [1.29, 1.82) is 0 Å². The molecule has 0 N–H and O–H groups in total. The van der Waals surface area contributed by atoms with Crippen molar-refractivity contribution in [3.63, 3.8) is 0 Å². The maximum absolute atomic E-state index is 6.43. The summed E-state index contributed by atoms with van der Waals surface area (Å²) in [5.41, 5.74) is 14.2. The number of aromatic nitrogens is 1. The molecule has 0 radical (unpaired) electrons. The Morgan fingerprint density at radius 2 is 0.965 bits per heavy atom. The third kappa shape index (κ3) is 5.74. The van der Waals surface area contributed by atoms with E-state index in [9.17, 15) is 0 Å². The van der Waals surface area contributed by atoms with Gasteiger partial charge < -0.3 is 13.7 Å². The summed E-state index contributed by atoms with van der Waals surface area (Å²) >= 11 is 0. The normalized spacial score (nSPS) is 11.5. The van der Waals surface area contributed by atoms with Gasteiger partial charge in [0.2, 0.25) is 5.89 Å². The second-order valence-corrected chi connectivity index (χ2v) is 14.3. The smallest absolute Gasteiger partial charge is 0.227 e. The molecule has 0 saturated heterocycles. The summed E-state index contributed by atoms with van der Waals surface area (Å²) in [6.07, 6.45) is 0. The average Bonchev–Trinajstić information content (AvgIpc) is 3.89. The first-order valence-corrected chi connectivity index (χ1v) is 19.2. The minimum atomic E-state index is 0.598. The summed E-state index contributed by atoms with van der Waals surface area (Å²) < 4.78 is 12.8. The number of nitrogens with zero attached hydrogens (tertiary/aromatic N) is 2. The predicted octanol–water partition coefficient (Wildman–Crippen LogP) is 15.0. The molecule has 9 aromatic carbocycles. The van der Waals surface area contributed by atoms with Gasteiger partial charge in [-0.15, -0.1) is 0 Å². The van der Waals surface area contributed by atoms with Crippen LogP contribution in [0.5, 0.6) is 0 Å². The van der Waals surface area contributed by atoms with Gasteiger partial charge in [-0.1, -0.05) is 140 Å². The van der Waals surface area contributed by atoms with Crippen molar-refractivity contribution in [2.45, 2.75) is 0 Å². The number of benzene rings is 9. The van der Waals surface area contributed by atoms with Crippen molar-refractivity contribution in [3.05, 3.63) is 206 Å². The average molecular weight is 731 g/mol. The van der Waals surface area contributed by atoms with Crippen molar-refractivity contribution in [1.82, 2.24) is 4.98 Å². The van der Waals surface area contributed by atoms with Crippen LogP contribution in [0.15, 0.2) is 215 Å². The Kier molecular flexibility index (Phi) is 7.78. The van der Waals surface area contributed by atoms with E-state index in [1.807, 2.05) is 42.5 Å². The van der Waals surface area contributed by atoms with E-state index in [-0.39, 0.29) is 0 Å². The number of furan rings is 1. The van der Waals surface area contributed by atoms with Gasteiger partial charge in [0.1, 0.15) is 16.7 Å². The van der Waals surface area contributed by atoms with Crippen molar-refractivity contribution < 1.29 is 8.83 Å². The zero-order chi connectivity index (χ0) is 37.7. The highest BCUT2D eigenvalue weighted by Gasteiger charge is 2.20. The number of anilines is 3. The monoisotopic (exact) mass is 730 g/mol. The fourth-order valence-corrected chi connectivity index (χ4v) is 8.15. The van der Waals surface area contributed by atoms with E-state index in [1.165, 1.54) is 27.5 Å². The SMILES string of the molecule is c1ccc(-c2ccc(N(c3ccc(-c4ccc5oc6ccc7nc(-c8ccccc8)oc7c6c5c4)cc3)c3ccccc3-c3cccc4ccccc34)cc2)cc1. The lowest BCUT2D eigenvalue weighted by Gasteiger charge is -2.28. The molecule has 11 rings (SSSR count). The van der Waals surface area contributed by atoms with Gasteiger partial charge in [-0.25, -0.2) is 4.98 Å². The molecule has 0 fully saturated rings. The molecule has 0 saturated carbocycles. The molecule has 0 aliphatic heterocycles. The summed E-state index contributed by atoms with van der Waals surface area (Å²) in [6, 6.07) is 72.5. The topological polar surface area (TPSA) is 42.4 Å². The van der Waals surface area contributed by atoms with Crippen molar-refractivity contribution in [2.75, 3.05) is 4.90 Å². The quantitative estimate of drug-likeness (QED) is 0.164. The third-order valence-electron chi connectivity index (χ3n) is 10.9. The minimum Gasteiger partial charge on any atom is -0.456 e. The first-order chi connectivity index (χ1) is 28.2. The van der Waals surface area contributed by atoms with Crippen molar-refractivity contribution >= 4 is 60.9 Å². The van der Waals surface area contributed by atoms with E-state index in [4.69, 9.17) is 13.8 Å². The summed E-state index contributed by atoms with van der Waals surface area (Å²) in [5.74, 6) is 0.598. The van der Waals surface area contributed by atoms with E-state index in [2.05, 4.69) is 169 Å². The van der Waals surface area contributed by atoms with E-state index < -0.39 is 0 Å². The lowest BCUT2D eigenvalue weighted by atomic mass is 9.96. The lowest BCUT2D eigenvalue weighted by Crippen LogP contribution is -2.11. The molecule has 0 unspecified atom stereocenters. The number of rotatable bonds is 7. The molecule has 0 aliphatic rings. The van der Waals surface area contributed by atoms with Gasteiger partial charge in [-0.05, 0) is 105 Å². The molecule has 0 amide bonds. The Labute approximate surface area is 329 Å². The van der Waals surface area contributed by atoms with E-state index >= 15 is 0 Å². The van der Waals surface area contributed by atoms with Crippen LogP contribution in [0.3, 0.4) is 0 Å². The van der Waals surface area contributed by atoms with Gasteiger partial charge in [0.05, 0.1) is 11.1 Å². The maximum Gasteiger partial charge on any atom is 0.227 e. The minimum absolute atomic E-state index is 0.598. The highest BCUT2D eigenvalue weighted by atomic mass is 16.4. The molecular weight excluding hydrogens is 697 g/mol. The van der Waals surface area contributed by atoms with Gasteiger partial charge in [0.15, 0.2) is 5.58 Å². The molecule has 0 bridgehead atoms. The van der Waals surface area contributed by atoms with Gasteiger partial charge >= 0.3 is 0 Å². The number of para-hydroxylation sites is 1. The highest BCUT2D eigenvalue weighted by Crippen LogP contribution is 2.44. The van der Waals surface area contributed by atoms with E-state index in [0.29, 0.717) is 5.89 Å². The van der Waals surface area contributed by atoms with Gasteiger partial charge in [-0.3, -0.25) is 0 Å². The summed E-state index contributed by atoms with van der Waals surface area (Å²) in [5, 5.41) is 4.38. The predicted molar refractivity (Wildman–Crippen MR) is 235 cm³/mol. The van der Waals surface area contributed by atoms with Crippen molar-refractivity contribution in [2.24, 2.45) is 0 Å². The van der Waals surface area contributed by atoms with Crippen LogP contribution in [0, 0.1) is 0 Å². The molecule has 0 aliphatic carbocycles. The number of hydrogen-bond donors (Lipinski definition) is 0. The Balaban J connectivity index is 1.02. The Morgan fingerprint density at radius 3 is 1.74 bits per heavy atom. The second-order valence-electron chi connectivity index (χ2n) is 14.3. The molecule has 2 heterocycles. The summed E-state index contributed by atoms with van der Waals surface area (Å²) in [4.78, 5) is 7.19. The molecule has 57 heavy (non-hydrogen) atoms. The molecular formula is C53H34N2O2. The van der Waals surface area contributed by atoms with Crippen LogP contribution < -0.4 is 4.90 Å². The molecule has 0 spiro atoms. The van der Waals surface area contributed by atoms with Crippen molar-refractivity contribution in [3.8, 4) is 44.8 Å².